The number of anilines is 1. The van der Waals surface area contributed by atoms with Crippen LogP contribution >= 0.6 is 0 Å². The van der Waals surface area contributed by atoms with Gasteiger partial charge in [-0.2, -0.15) is 0 Å². The Morgan fingerprint density at radius 1 is 1.18 bits per heavy atom. The van der Waals surface area contributed by atoms with Gasteiger partial charge in [0.05, 0.1) is 5.69 Å². The van der Waals surface area contributed by atoms with Crippen LogP contribution in [0.2, 0.25) is 0 Å². The van der Waals surface area contributed by atoms with Crippen molar-refractivity contribution in [2.24, 2.45) is 0 Å². The molecule has 0 aromatic heterocycles. The quantitative estimate of drug-likeness (QED) is 0.781. The predicted molar refractivity (Wildman–Crippen MR) is 66.8 cm³/mol. The van der Waals surface area contributed by atoms with Crippen molar-refractivity contribution in [1.29, 1.82) is 0 Å². The molecule has 0 saturated carbocycles. The van der Waals surface area contributed by atoms with E-state index in [1.165, 1.54) is 0 Å². The van der Waals surface area contributed by atoms with Gasteiger partial charge in [0, 0.05) is 45.3 Å². The zero-order valence-electron chi connectivity index (χ0n) is 9.90. The molecule has 1 atom stereocenters. The second kappa shape index (κ2) is 4.63. The van der Waals surface area contributed by atoms with Crippen molar-refractivity contribution >= 4 is 5.69 Å². The summed E-state index contributed by atoms with van der Waals surface area (Å²) in [7, 11) is 0. The third-order valence-electron chi connectivity index (χ3n) is 3.75. The molecular weight excluding hydrogens is 217 g/mol. The number of nitrogens with one attached hydrogen (secondary N) is 1. The van der Waals surface area contributed by atoms with E-state index in [2.05, 4.69) is 15.1 Å². The summed E-state index contributed by atoms with van der Waals surface area (Å²) in [5.41, 5.74) is 0.748. The second-order valence-electron chi connectivity index (χ2n) is 4.79. The van der Waals surface area contributed by atoms with Crippen LogP contribution in [-0.4, -0.2) is 50.2 Å². The van der Waals surface area contributed by atoms with Gasteiger partial charge >= 0.3 is 0 Å². The monoisotopic (exact) mass is 235 g/mol. The highest BCUT2D eigenvalue weighted by molar-refractivity contribution is 5.48. The van der Waals surface area contributed by atoms with Crippen LogP contribution in [0.1, 0.15) is 0 Å². The molecule has 1 N–H and O–H groups in total. The maximum atomic E-state index is 13.7. The molecular formula is C13H18FN3. The van der Waals surface area contributed by atoms with Crippen LogP contribution in [0.5, 0.6) is 0 Å². The Kier molecular flexibility index (Phi) is 2.99. The van der Waals surface area contributed by atoms with Crippen LogP contribution in [0.3, 0.4) is 0 Å². The van der Waals surface area contributed by atoms with Crippen LogP contribution < -0.4 is 10.2 Å². The van der Waals surface area contributed by atoms with E-state index in [9.17, 15) is 4.39 Å². The highest BCUT2D eigenvalue weighted by Gasteiger charge is 2.29. The Hall–Kier alpha value is -1.13. The number of hydrogen-bond acceptors (Lipinski definition) is 3. The van der Waals surface area contributed by atoms with Crippen molar-refractivity contribution in [3.05, 3.63) is 30.1 Å². The summed E-state index contributed by atoms with van der Waals surface area (Å²) in [6, 6.07) is 7.60. The molecule has 2 aliphatic heterocycles. The lowest BCUT2D eigenvalue weighted by molar-refractivity contribution is 0.145. The van der Waals surface area contributed by atoms with Gasteiger partial charge in [-0.15, -0.1) is 0 Å². The SMILES string of the molecule is Fc1ccccc1N1CCN2CCNCC2C1. The van der Waals surface area contributed by atoms with Crippen LogP contribution in [0.15, 0.2) is 24.3 Å². The highest BCUT2D eigenvalue weighted by Crippen LogP contribution is 2.22. The van der Waals surface area contributed by atoms with Crippen molar-refractivity contribution in [3.8, 4) is 0 Å². The number of hydrogen-bond donors (Lipinski definition) is 1. The van der Waals surface area contributed by atoms with E-state index < -0.39 is 0 Å². The molecule has 2 fully saturated rings. The van der Waals surface area contributed by atoms with E-state index in [0.717, 1.165) is 45.0 Å². The van der Waals surface area contributed by atoms with Gasteiger partial charge in [-0.05, 0) is 12.1 Å². The molecule has 3 nitrogen and oxygen atoms in total. The number of nitrogens with zero attached hydrogens (tertiary/aromatic N) is 2. The summed E-state index contributed by atoms with van der Waals surface area (Å²) in [6.45, 7) is 6.11. The molecule has 17 heavy (non-hydrogen) atoms. The van der Waals surface area contributed by atoms with Crippen molar-refractivity contribution in [1.82, 2.24) is 10.2 Å². The number of rotatable bonds is 1. The Bertz CT molecular complexity index is 396. The molecule has 1 aromatic carbocycles. The van der Waals surface area contributed by atoms with Crippen LogP contribution in [0.25, 0.3) is 0 Å². The first kappa shape index (κ1) is 11.0. The molecule has 0 bridgehead atoms. The summed E-state index contributed by atoms with van der Waals surface area (Å²) >= 11 is 0. The minimum absolute atomic E-state index is 0.107. The van der Waals surface area contributed by atoms with E-state index in [1.807, 2.05) is 12.1 Å². The van der Waals surface area contributed by atoms with Gasteiger partial charge in [-0.1, -0.05) is 12.1 Å². The van der Waals surface area contributed by atoms with Crippen molar-refractivity contribution < 1.29 is 4.39 Å². The summed E-state index contributed by atoms with van der Waals surface area (Å²) in [5.74, 6) is -0.107. The zero-order valence-corrected chi connectivity index (χ0v) is 9.90. The third kappa shape index (κ3) is 2.15. The molecule has 3 rings (SSSR count). The summed E-state index contributed by atoms with van der Waals surface area (Å²) in [4.78, 5) is 4.68. The van der Waals surface area contributed by atoms with Gasteiger partial charge in [-0.25, -0.2) is 4.39 Å². The first-order valence-corrected chi connectivity index (χ1v) is 6.29. The molecule has 1 unspecified atom stereocenters. The molecule has 1 aromatic rings. The molecule has 4 heteroatoms. The number of halogens is 1. The standard InChI is InChI=1S/C13H18FN3/c14-12-3-1-2-4-13(12)17-8-7-16-6-5-15-9-11(16)10-17/h1-4,11,15H,5-10H2. The predicted octanol–water partition coefficient (Wildman–Crippen LogP) is 0.919. The molecule has 2 saturated heterocycles. The minimum atomic E-state index is -0.107. The fourth-order valence-corrected chi connectivity index (χ4v) is 2.80. The van der Waals surface area contributed by atoms with Gasteiger partial charge in [0.1, 0.15) is 5.82 Å². The van der Waals surface area contributed by atoms with E-state index in [-0.39, 0.29) is 5.82 Å². The molecule has 2 aliphatic rings. The maximum absolute atomic E-state index is 13.7. The summed E-state index contributed by atoms with van der Waals surface area (Å²) in [5, 5.41) is 3.41. The van der Waals surface area contributed by atoms with Crippen LogP contribution in [-0.2, 0) is 0 Å². The van der Waals surface area contributed by atoms with Crippen molar-refractivity contribution in [2.45, 2.75) is 6.04 Å². The molecule has 0 aliphatic carbocycles. The zero-order chi connectivity index (χ0) is 11.7. The fraction of sp³-hybridized carbons (Fsp3) is 0.538. The molecule has 92 valence electrons. The Balaban J connectivity index is 1.76. The highest BCUT2D eigenvalue weighted by atomic mass is 19.1. The first-order chi connectivity index (χ1) is 8.34. The lowest BCUT2D eigenvalue weighted by atomic mass is 10.1. The number of para-hydroxylation sites is 1. The Morgan fingerprint density at radius 3 is 2.94 bits per heavy atom. The second-order valence-corrected chi connectivity index (χ2v) is 4.79. The largest absolute Gasteiger partial charge is 0.366 e. The van der Waals surface area contributed by atoms with Gasteiger partial charge < -0.3 is 10.2 Å². The topological polar surface area (TPSA) is 18.5 Å². The Morgan fingerprint density at radius 2 is 2.06 bits per heavy atom. The molecule has 0 amide bonds. The van der Waals surface area contributed by atoms with E-state index in [4.69, 9.17) is 0 Å². The minimum Gasteiger partial charge on any atom is -0.366 e. The third-order valence-corrected chi connectivity index (χ3v) is 3.75. The average molecular weight is 235 g/mol. The fourth-order valence-electron chi connectivity index (χ4n) is 2.80. The number of fused-ring (bicyclic) bond motifs is 1. The van der Waals surface area contributed by atoms with E-state index in [0.29, 0.717) is 6.04 Å². The Labute approximate surface area is 101 Å². The van der Waals surface area contributed by atoms with Crippen molar-refractivity contribution in [2.75, 3.05) is 44.2 Å². The van der Waals surface area contributed by atoms with Crippen LogP contribution in [0, 0.1) is 5.82 Å². The first-order valence-electron chi connectivity index (χ1n) is 6.29. The number of benzene rings is 1. The van der Waals surface area contributed by atoms with Crippen LogP contribution in [0.4, 0.5) is 10.1 Å². The number of piperazine rings is 2. The van der Waals surface area contributed by atoms with E-state index >= 15 is 0 Å². The normalized spacial score (nSPS) is 25.7. The molecule has 2 heterocycles. The van der Waals surface area contributed by atoms with E-state index in [1.54, 1.807) is 12.1 Å². The van der Waals surface area contributed by atoms with Crippen molar-refractivity contribution in [3.63, 3.8) is 0 Å². The van der Waals surface area contributed by atoms with Gasteiger partial charge in [-0.3, -0.25) is 4.90 Å². The maximum Gasteiger partial charge on any atom is 0.146 e. The lowest BCUT2D eigenvalue weighted by Gasteiger charge is -2.45. The van der Waals surface area contributed by atoms with Gasteiger partial charge in [0.15, 0.2) is 0 Å². The summed E-state index contributed by atoms with van der Waals surface area (Å²) in [6.07, 6.45) is 0. The molecule has 0 radical (unpaired) electrons. The van der Waals surface area contributed by atoms with Gasteiger partial charge in [0.25, 0.3) is 0 Å². The lowest BCUT2D eigenvalue weighted by Crippen LogP contribution is -2.61. The average Bonchev–Trinajstić information content (AvgIpc) is 2.39. The van der Waals surface area contributed by atoms with Gasteiger partial charge in [0.2, 0.25) is 0 Å². The summed E-state index contributed by atoms with van der Waals surface area (Å²) < 4.78 is 13.7. The molecule has 0 spiro atoms. The smallest absolute Gasteiger partial charge is 0.146 e.